The van der Waals surface area contributed by atoms with Crippen LogP contribution in [-0.2, 0) is 9.53 Å². The summed E-state index contributed by atoms with van der Waals surface area (Å²) in [5.74, 6) is 0.474. The monoisotopic (exact) mass is 480 g/mol. The van der Waals surface area contributed by atoms with E-state index in [0.717, 1.165) is 17.2 Å². The Hall–Kier alpha value is -3.10. The molecule has 0 saturated heterocycles. The fraction of sp³-hybridized carbons (Fsp3) is 0.385. The van der Waals surface area contributed by atoms with E-state index in [1.54, 1.807) is 28.1 Å². The van der Waals surface area contributed by atoms with Crippen LogP contribution in [0.5, 0.6) is 11.5 Å². The van der Waals surface area contributed by atoms with E-state index in [1.807, 2.05) is 30.3 Å². The zero-order valence-electron chi connectivity index (χ0n) is 20.5. The normalized spacial score (nSPS) is 17.8. The minimum atomic E-state index is -1.28. The molecule has 2 aliphatic heterocycles. The zero-order chi connectivity index (χ0) is 24.5. The Morgan fingerprint density at radius 2 is 1.68 bits per heavy atom. The molecule has 2 aliphatic rings. The highest BCUT2D eigenvalue weighted by Gasteiger charge is 2.43. The van der Waals surface area contributed by atoms with Gasteiger partial charge in [-0.2, -0.15) is 0 Å². The quantitative estimate of drug-likeness (QED) is 0.407. The van der Waals surface area contributed by atoms with Crippen molar-refractivity contribution in [1.82, 2.24) is 4.90 Å². The maximum Gasteiger partial charge on any atom is 0.260 e. The molecule has 7 nitrogen and oxygen atoms in total. The maximum absolute atomic E-state index is 13.8. The molecule has 180 valence electrons. The van der Waals surface area contributed by atoms with Gasteiger partial charge in [0, 0.05) is 33.4 Å². The van der Waals surface area contributed by atoms with Crippen LogP contribution in [0.25, 0.3) is 5.57 Å². The minimum Gasteiger partial charge on any atom is -0.493 e. The van der Waals surface area contributed by atoms with E-state index in [9.17, 15) is 9.59 Å². The molecule has 0 saturated carbocycles. The molecular weight excluding hydrogens is 448 g/mol. The van der Waals surface area contributed by atoms with Gasteiger partial charge in [-0.15, -0.1) is 0 Å². The molecule has 34 heavy (non-hydrogen) atoms. The third-order valence-corrected chi connectivity index (χ3v) is 7.92. The highest BCUT2D eigenvalue weighted by Crippen LogP contribution is 2.41. The third-order valence-electron chi connectivity index (χ3n) is 6.21. The van der Waals surface area contributed by atoms with Crippen molar-refractivity contribution in [3.8, 4) is 11.5 Å². The lowest BCUT2D eigenvalue weighted by molar-refractivity contribution is -0.122. The Balaban J connectivity index is 1.73. The molecule has 4 rings (SSSR count). The number of hydrogen-bond donors (Lipinski definition) is 0. The molecule has 0 unspecified atom stereocenters. The van der Waals surface area contributed by atoms with Gasteiger partial charge in [-0.3, -0.25) is 14.5 Å². The summed E-state index contributed by atoms with van der Waals surface area (Å²) in [5.41, 5.74) is 2.81. The molecule has 0 aromatic heterocycles. The molecule has 0 bridgehead atoms. The third kappa shape index (κ3) is 4.74. The number of hydrogen-bond acceptors (Lipinski definition) is 5. The van der Waals surface area contributed by atoms with Crippen LogP contribution in [0, 0.1) is 0 Å². The molecule has 2 aromatic carbocycles. The van der Waals surface area contributed by atoms with Crippen molar-refractivity contribution in [1.29, 1.82) is 0 Å². The van der Waals surface area contributed by atoms with Crippen LogP contribution >= 0.6 is 0 Å². The number of benzene rings is 2. The van der Waals surface area contributed by atoms with E-state index in [0.29, 0.717) is 35.8 Å². The standard InChI is InChI=1S/C26H32N2O5Si/c1-31-23-14-20-21(15-24(23)32-2)28(17-33-11-12-34(3,4)5)26(30)22-13-19(16-27(22)25(20)29)18-9-7-6-8-10-18/h6-10,14-16,22H,11-13,17H2,1-5H3/t22-/m0/s1. The van der Waals surface area contributed by atoms with Crippen LogP contribution in [0.4, 0.5) is 5.69 Å². The Labute approximate surface area is 201 Å². The highest BCUT2D eigenvalue weighted by molar-refractivity contribution is 6.76. The SMILES string of the molecule is COc1cc2c(cc1OC)N(COCC[Si](C)(C)C)C(=O)[C@@H]1CC(c3ccccc3)=CN1C2=O. The second-order valence-corrected chi connectivity index (χ2v) is 15.4. The molecule has 0 spiro atoms. The predicted molar refractivity (Wildman–Crippen MR) is 135 cm³/mol. The van der Waals surface area contributed by atoms with Gasteiger partial charge in [0.2, 0.25) is 0 Å². The number of nitrogens with zero attached hydrogens (tertiary/aromatic N) is 2. The number of rotatable bonds is 8. The molecule has 0 N–H and O–H groups in total. The first-order valence-electron chi connectivity index (χ1n) is 11.5. The van der Waals surface area contributed by atoms with Crippen LogP contribution < -0.4 is 14.4 Å². The number of anilines is 1. The Kier molecular flexibility index (Phi) is 6.81. The minimum absolute atomic E-state index is 0.0735. The van der Waals surface area contributed by atoms with Crippen molar-refractivity contribution in [3.63, 3.8) is 0 Å². The first-order valence-corrected chi connectivity index (χ1v) is 15.2. The molecular formula is C26H32N2O5Si. The number of carbonyl (C=O) groups excluding carboxylic acids is 2. The molecule has 0 radical (unpaired) electrons. The van der Waals surface area contributed by atoms with Crippen molar-refractivity contribution in [2.24, 2.45) is 0 Å². The van der Waals surface area contributed by atoms with E-state index < -0.39 is 14.1 Å². The number of fused-ring (bicyclic) bond motifs is 2. The van der Waals surface area contributed by atoms with Crippen molar-refractivity contribution < 1.29 is 23.8 Å². The Morgan fingerprint density at radius 1 is 1.00 bits per heavy atom. The second-order valence-electron chi connectivity index (χ2n) is 9.79. The van der Waals surface area contributed by atoms with Crippen LogP contribution in [0.2, 0.25) is 25.7 Å². The highest BCUT2D eigenvalue weighted by atomic mass is 28.3. The molecule has 2 amide bonds. The summed E-state index contributed by atoms with van der Waals surface area (Å²) in [6.45, 7) is 7.49. The van der Waals surface area contributed by atoms with Crippen LogP contribution in [0.3, 0.4) is 0 Å². The summed E-state index contributed by atoms with van der Waals surface area (Å²) in [5, 5.41) is 0. The molecule has 2 heterocycles. The predicted octanol–water partition coefficient (Wildman–Crippen LogP) is 4.62. The topological polar surface area (TPSA) is 68.3 Å². The fourth-order valence-corrected chi connectivity index (χ4v) is 4.99. The number of amides is 2. The van der Waals surface area contributed by atoms with Gasteiger partial charge in [0.15, 0.2) is 11.5 Å². The van der Waals surface area contributed by atoms with Gasteiger partial charge in [-0.1, -0.05) is 50.0 Å². The molecule has 8 heteroatoms. The van der Waals surface area contributed by atoms with Gasteiger partial charge in [0.1, 0.15) is 12.8 Å². The van der Waals surface area contributed by atoms with Gasteiger partial charge in [-0.05, 0) is 23.2 Å². The summed E-state index contributed by atoms with van der Waals surface area (Å²) in [7, 11) is 1.78. The summed E-state index contributed by atoms with van der Waals surface area (Å²) in [6.07, 6.45) is 2.25. The summed E-state index contributed by atoms with van der Waals surface area (Å²) in [4.78, 5) is 30.6. The van der Waals surface area contributed by atoms with E-state index >= 15 is 0 Å². The molecule has 2 aromatic rings. The number of ether oxygens (including phenoxy) is 3. The summed E-state index contributed by atoms with van der Waals surface area (Å²) >= 11 is 0. The second kappa shape index (κ2) is 9.64. The smallest absolute Gasteiger partial charge is 0.260 e. The first-order chi connectivity index (χ1) is 16.2. The average molecular weight is 481 g/mol. The van der Waals surface area contributed by atoms with Crippen molar-refractivity contribution >= 4 is 31.1 Å². The van der Waals surface area contributed by atoms with E-state index in [1.165, 1.54) is 14.2 Å². The van der Waals surface area contributed by atoms with E-state index in [4.69, 9.17) is 14.2 Å². The lowest BCUT2D eigenvalue weighted by Crippen LogP contribution is -2.45. The van der Waals surface area contributed by atoms with Gasteiger partial charge < -0.3 is 19.1 Å². The lowest BCUT2D eigenvalue weighted by Gasteiger charge is -2.26. The average Bonchev–Trinajstić information content (AvgIpc) is 3.25. The van der Waals surface area contributed by atoms with Crippen molar-refractivity contribution in [2.45, 2.75) is 38.1 Å². The zero-order valence-corrected chi connectivity index (χ0v) is 21.5. The molecule has 0 fully saturated rings. The van der Waals surface area contributed by atoms with Gasteiger partial charge in [0.25, 0.3) is 11.8 Å². The summed E-state index contributed by atoms with van der Waals surface area (Å²) in [6, 6.07) is 13.5. The lowest BCUT2D eigenvalue weighted by atomic mass is 10.0. The largest absolute Gasteiger partial charge is 0.493 e. The molecule has 0 aliphatic carbocycles. The van der Waals surface area contributed by atoms with Crippen LogP contribution in [-0.4, -0.2) is 58.4 Å². The van der Waals surface area contributed by atoms with E-state index in [-0.39, 0.29) is 18.5 Å². The first kappa shape index (κ1) is 24.0. The van der Waals surface area contributed by atoms with Crippen molar-refractivity contribution in [3.05, 3.63) is 59.8 Å². The number of methoxy groups -OCH3 is 2. The van der Waals surface area contributed by atoms with Crippen LogP contribution in [0.1, 0.15) is 22.3 Å². The van der Waals surface area contributed by atoms with E-state index in [2.05, 4.69) is 19.6 Å². The van der Waals surface area contributed by atoms with Crippen LogP contribution in [0.15, 0.2) is 48.7 Å². The van der Waals surface area contributed by atoms with Gasteiger partial charge in [0.05, 0.1) is 25.5 Å². The molecule has 1 atom stereocenters. The van der Waals surface area contributed by atoms with Crippen molar-refractivity contribution in [2.75, 3.05) is 32.5 Å². The fourth-order valence-electron chi connectivity index (χ4n) is 4.24. The van der Waals surface area contributed by atoms with Gasteiger partial charge in [-0.25, -0.2) is 0 Å². The van der Waals surface area contributed by atoms with Gasteiger partial charge >= 0.3 is 0 Å². The Bertz CT molecular complexity index is 1110. The Morgan fingerprint density at radius 3 is 2.32 bits per heavy atom. The number of carbonyl (C=O) groups is 2. The summed E-state index contributed by atoms with van der Waals surface area (Å²) < 4.78 is 16.9. The maximum atomic E-state index is 13.8.